The van der Waals surface area contributed by atoms with E-state index in [1.165, 1.54) is 19.3 Å². The Bertz CT molecular complexity index is 417. The van der Waals surface area contributed by atoms with Crippen molar-refractivity contribution >= 4 is 18.5 Å². The summed E-state index contributed by atoms with van der Waals surface area (Å²) in [7, 11) is 0. The molecule has 19 heavy (non-hydrogen) atoms. The van der Waals surface area contributed by atoms with Crippen LogP contribution in [0.2, 0.25) is 0 Å². The second-order valence-corrected chi connectivity index (χ2v) is 5.64. The van der Waals surface area contributed by atoms with Gasteiger partial charge in [0.2, 0.25) is 0 Å². The fraction of sp³-hybridized carbons (Fsp3) is 0.562. The maximum absolute atomic E-state index is 12.2. The number of aryl methyl sites for hydroxylation is 1. The van der Waals surface area contributed by atoms with Crippen LogP contribution in [-0.4, -0.2) is 12.5 Å². The molecule has 1 aromatic rings. The number of thiol groups is 1. The molecule has 0 aliphatic heterocycles. The van der Waals surface area contributed by atoms with E-state index in [0.29, 0.717) is 5.92 Å². The smallest absolute Gasteiger partial charge is 0.251 e. The van der Waals surface area contributed by atoms with Crippen molar-refractivity contribution in [1.82, 2.24) is 5.32 Å². The van der Waals surface area contributed by atoms with Crippen LogP contribution in [0.25, 0.3) is 0 Å². The average Bonchev–Trinajstić information content (AvgIpc) is 2.41. The molecule has 2 nitrogen and oxygen atoms in total. The van der Waals surface area contributed by atoms with E-state index in [9.17, 15) is 4.79 Å². The largest absolute Gasteiger partial charge is 0.352 e. The zero-order chi connectivity index (χ0) is 14.3. The number of unbranched alkanes of at least 4 members (excludes halogenated alkanes) is 1. The summed E-state index contributed by atoms with van der Waals surface area (Å²) in [4.78, 5) is 13.0. The van der Waals surface area contributed by atoms with Gasteiger partial charge >= 0.3 is 0 Å². The second kappa shape index (κ2) is 8.26. The van der Waals surface area contributed by atoms with Gasteiger partial charge in [0.05, 0.1) is 0 Å². The predicted octanol–water partition coefficient (Wildman–Crippen LogP) is 4.23. The Kier molecular flexibility index (Phi) is 7.00. The lowest BCUT2D eigenvalue weighted by Crippen LogP contribution is -2.29. The Morgan fingerprint density at radius 1 is 1.37 bits per heavy atom. The van der Waals surface area contributed by atoms with Gasteiger partial charge in [-0.2, -0.15) is 0 Å². The van der Waals surface area contributed by atoms with Crippen molar-refractivity contribution in [1.29, 1.82) is 0 Å². The molecule has 1 rings (SSSR count). The molecule has 3 heteroatoms. The number of amides is 1. The minimum atomic E-state index is 0.0170. The summed E-state index contributed by atoms with van der Waals surface area (Å²) in [5.74, 6) is 0.603. The van der Waals surface area contributed by atoms with Gasteiger partial charge in [0.1, 0.15) is 0 Å². The molecule has 0 saturated carbocycles. The Morgan fingerprint density at radius 2 is 2.11 bits per heavy atom. The molecule has 0 aliphatic rings. The summed E-state index contributed by atoms with van der Waals surface area (Å²) in [5, 5.41) is 3.05. The molecule has 0 radical (unpaired) electrons. The van der Waals surface area contributed by atoms with Crippen molar-refractivity contribution < 1.29 is 4.79 Å². The molecule has 1 N–H and O–H groups in total. The van der Waals surface area contributed by atoms with Crippen molar-refractivity contribution in [2.75, 3.05) is 6.54 Å². The monoisotopic (exact) mass is 279 g/mol. The van der Waals surface area contributed by atoms with Gasteiger partial charge in [-0.05, 0) is 37.0 Å². The predicted molar refractivity (Wildman–Crippen MR) is 84.1 cm³/mol. The second-order valence-electron chi connectivity index (χ2n) is 5.13. The van der Waals surface area contributed by atoms with E-state index >= 15 is 0 Å². The number of nitrogens with one attached hydrogen (secondary N) is 1. The van der Waals surface area contributed by atoms with E-state index in [1.807, 2.05) is 25.1 Å². The molecule has 1 unspecified atom stereocenters. The lowest BCUT2D eigenvalue weighted by molar-refractivity contribution is 0.0945. The van der Waals surface area contributed by atoms with E-state index in [-0.39, 0.29) is 5.91 Å². The first-order valence-electron chi connectivity index (χ1n) is 7.16. The molecule has 0 heterocycles. The fourth-order valence-corrected chi connectivity index (χ4v) is 2.33. The fourth-order valence-electron chi connectivity index (χ4n) is 2.13. The average molecular weight is 279 g/mol. The third kappa shape index (κ3) is 5.27. The van der Waals surface area contributed by atoms with Gasteiger partial charge < -0.3 is 5.32 Å². The summed E-state index contributed by atoms with van der Waals surface area (Å²) >= 11 is 4.29. The van der Waals surface area contributed by atoms with Gasteiger partial charge in [-0.25, -0.2) is 0 Å². The molecular weight excluding hydrogens is 254 g/mol. The molecule has 0 aliphatic carbocycles. The highest BCUT2D eigenvalue weighted by atomic mass is 32.1. The van der Waals surface area contributed by atoms with E-state index in [2.05, 4.69) is 31.8 Å². The van der Waals surface area contributed by atoms with Crippen LogP contribution in [-0.2, 0) is 0 Å². The topological polar surface area (TPSA) is 29.1 Å². The van der Waals surface area contributed by atoms with Crippen molar-refractivity contribution in [3.63, 3.8) is 0 Å². The zero-order valence-corrected chi connectivity index (χ0v) is 13.1. The Labute approximate surface area is 122 Å². The third-order valence-corrected chi connectivity index (χ3v) is 3.84. The summed E-state index contributed by atoms with van der Waals surface area (Å²) in [6, 6.07) is 5.68. The maximum Gasteiger partial charge on any atom is 0.251 e. The molecule has 1 aromatic carbocycles. The molecule has 0 aromatic heterocycles. The summed E-state index contributed by atoms with van der Waals surface area (Å²) in [6.45, 7) is 7.11. The maximum atomic E-state index is 12.2. The van der Waals surface area contributed by atoms with Crippen LogP contribution < -0.4 is 5.32 Å². The molecule has 1 amide bonds. The van der Waals surface area contributed by atoms with Crippen molar-refractivity contribution in [2.45, 2.75) is 51.3 Å². The van der Waals surface area contributed by atoms with E-state index in [1.54, 1.807) is 0 Å². The van der Waals surface area contributed by atoms with Crippen molar-refractivity contribution in [2.24, 2.45) is 5.92 Å². The molecule has 106 valence electrons. The SMILES string of the molecule is CCCCC(CC)CNC(=O)c1cc(S)ccc1C. The highest BCUT2D eigenvalue weighted by molar-refractivity contribution is 7.80. The first-order valence-corrected chi connectivity index (χ1v) is 7.61. The normalized spacial score (nSPS) is 12.2. The van der Waals surface area contributed by atoms with Crippen LogP contribution in [0.5, 0.6) is 0 Å². The van der Waals surface area contributed by atoms with E-state index in [4.69, 9.17) is 0 Å². The summed E-state index contributed by atoms with van der Waals surface area (Å²) in [5.41, 5.74) is 1.73. The molecule has 0 spiro atoms. The molecule has 0 fully saturated rings. The van der Waals surface area contributed by atoms with Crippen LogP contribution in [0, 0.1) is 12.8 Å². The van der Waals surface area contributed by atoms with Gasteiger partial charge in [-0.15, -0.1) is 12.6 Å². The number of benzene rings is 1. The number of hydrogen-bond acceptors (Lipinski definition) is 2. The van der Waals surface area contributed by atoms with Crippen molar-refractivity contribution in [3.05, 3.63) is 29.3 Å². The third-order valence-electron chi connectivity index (χ3n) is 3.56. The lowest BCUT2D eigenvalue weighted by Gasteiger charge is -2.16. The van der Waals surface area contributed by atoms with E-state index < -0.39 is 0 Å². The van der Waals surface area contributed by atoms with Crippen LogP contribution in [0.4, 0.5) is 0 Å². The lowest BCUT2D eigenvalue weighted by atomic mass is 9.99. The highest BCUT2D eigenvalue weighted by Gasteiger charge is 2.12. The number of hydrogen-bond donors (Lipinski definition) is 2. The van der Waals surface area contributed by atoms with E-state index in [0.717, 1.165) is 29.0 Å². The highest BCUT2D eigenvalue weighted by Crippen LogP contribution is 2.15. The molecule has 1 atom stereocenters. The molecule has 0 bridgehead atoms. The minimum absolute atomic E-state index is 0.0170. The van der Waals surface area contributed by atoms with Gasteiger partial charge in [0.15, 0.2) is 0 Å². The minimum Gasteiger partial charge on any atom is -0.352 e. The zero-order valence-electron chi connectivity index (χ0n) is 12.2. The van der Waals surface area contributed by atoms with Crippen LogP contribution >= 0.6 is 12.6 Å². The summed E-state index contributed by atoms with van der Waals surface area (Å²) in [6.07, 6.45) is 4.76. The van der Waals surface area contributed by atoms with Crippen LogP contribution in [0.1, 0.15) is 55.5 Å². The van der Waals surface area contributed by atoms with Crippen molar-refractivity contribution in [3.8, 4) is 0 Å². The molecule has 0 saturated heterocycles. The molecular formula is C16H25NOS. The van der Waals surface area contributed by atoms with Gasteiger partial charge in [-0.3, -0.25) is 4.79 Å². The van der Waals surface area contributed by atoms with Gasteiger partial charge in [-0.1, -0.05) is 39.2 Å². The number of rotatable bonds is 7. The first-order chi connectivity index (χ1) is 9.08. The number of carbonyl (C=O) groups excluding carboxylic acids is 1. The first kappa shape index (κ1) is 16.1. The van der Waals surface area contributed by atoms with Gasteiger partial charge in [0, 0.05) is 17.0 Å². The Balaban J connectivity index is 2.56. The summed E-state index contributed by atoms with van der Waals surface area (Å²) < 4.78 is 0. The van der Waals surface area contributed by atoms with Crippen LogP contribution in [0.3, 0.4) is 0 Å². The van der Waals surface area contributed by atoms with Gasteiger partial charge in [0.25, 0.3) is 5.91 Å². The van der Waals surface area contributed by atoms with Crippen LogP contribution in [0.15, 0.2) is 23.1 Å². The number of carbonyl (C=O) groups is 1. The quantitative estimate of drug-likeness (QED) is 0.719. The Morgan fingerprint density at radius 3 is 2.74 bits per heavy atom. The Hall–Kier alpha value is -0.960. The standard InChI is InChI=1S/C16H25NOS/c1-4-6-7-13(5-2)11-17-16(18)15-10-14(19)9-8-12(15)3/h8-10,13,19H,4-7,11H2,1-3H3,(H,17,18).